The predicted octanol–water partition coefficient (Wildman–Crippen LogP) is 4.01. The average molecular weight is 390 g/mol. The number of rotatable bonds is 3. The molecule has 8 heteroatoms. The summed E-state index contributed by atoms with van der Waals surface area (Å²) in [6.45, 7) is 0. The van der Waals surface area contributed by atoms with Crippen LogP contribution < -0.4 is 0 Å². The van der Waals surface area contributed by atoms with Crippen molar-refractivity contribution in [1.29, 1.82) is 0 Å². The highest BCUT2D eigenvalue weighted by atomic mass is 32.2. The average Bonchev–Trinajstić information content (AvgIpc) is 2.53. The van der Waals surface area contributed by atoms with E-state index in [0.717, 1.165) is 0 Å². The minimum absolute atomic E-state index is 0.291. The van der Waals surface area contributed by atoms with Gasteiger partial charge in [-0.2, -0.15) is 13.2 Å². The van der Waals surface area contributed by atoms with E-state index in [-0.39, 0.29) is 0 Å². The molecule has 0 saturated heterocycles. The van der Waals surface area contributed by atoms with Gasteiger partial charge in [0.15, 0.2) is 10.1 Å². The van der Waals surface area contributed by atoms with E-state index in [1.54, 1.807) is 0 Å². The van der Waals surface area contributed by atoms with Crippen molar-refractivity contribution in [2.45, 2.75) is 5.51 Å². The topological polar surface area (TPSA) is 57.2 Å². The fourth-order valence-electron chi connectivity index (χ4n) is 1.77. The minimum atomic E-state index is -6.09. The smallest absolute Gasteiger partial charge is 0.485 e. The molecule has 0 amide bonds. The number of hydrogen-bond acceptors (Lipinski definition) is 3. The van der Waals surface area contributed by atoms with Crippen LogP contribution in [0.2, 0.25) is 0 Å². The van der Waals surface area contributed by atoms with Crippen molar-refractivity contribution in [1.82, 2.24) is 0 Å². The Labute approximate surface area is 148 Å². The van der Waals surface area contributed by atoms with E-state index in [2.05, 4.69) is 78.6 Å². The SMILES string of the molecule is C[S+](C)C=C(c1ccccc1)c1ccccc1.O=S(=O)([O-])C(F)(F)F. The Kier molecular flexibility index (Phi) is 7.72. The van der Waals surface area contributed by atoms with Gasteiger partial charge in [-0.25, -0.2) is 8.42 Å². The highest BCUT2D eigenvalue weighted by Crippen LogP contribution is 2.24. The second-order valence-corrected chi connectivity index (χ2v) is 8.41. The molecule has 136 valence electrons. The van der Waals surface area contributed by atoms with Crippen molar-refractivity contribution >= 4 is 26.6 Å². The van der Waals surface area contributed by atoms with E-state index in [0.29, 0.717) is 10.9 Å². The molecule has 0 saturated carbocycles. The van der Waals surface area contributed by atoms with E-state index >= 15 is 0 Å². The zero-order chi connectivity index (χ0) is 19.1. The first kappa shape index (κ1) is 21.3. The minimum Gasteiger partial charge on any atom is -0.741 e. The summed E-state index contributed by atoms with van der Waals surface area (Å²) in [5, 5.41) is 2.35. The number of halogens is 3. The van der Waals surface area contributed by atoms with Crippen LogP contribution in [-0.2, 0) is 21.0 Å². The molecule has 0 unspecified atom stereocenters. The number of alkyl halides is 3. The van der Waals surface area contributed by atoms with Gasteiger partial charge in [-0.15, -0.1) is 0 Å². The van der Waals surface area contributed by atoms with Crippen LogP contribution in [-0.4, -0.2) is 31.0 Å². The Morgan fingerprint density at radius 1 is 0.920 bits per heavy atom. The quantitative estimate of drug-likeness (QED) is 0.452. The lowest BCUT2D eigenvalue weighted by Crippen LogP contribution is -2.21. The van der Waals surface area contributed by atoms with Crippen molar-refractivity contribution in [3.63, 3.8) is 0 Å². The molecule has 0 aliphatic rings. The summed E-state index contributed by atoms with van der Waals surface area (Å²) in [6, 6.07) is 21.2. The molecule has 0 aliphatic heterocycles. The van der Waals surface area contributed by atoms with Crippen LogP contribution in [0, 0.1) is 0 Å². The normalized spacial score (nSPS) is 11.5. The second kappa shape index (κ2) is 9.07. The van der Waals surface area contributed by atoms with Gasteiger partial charge in [0.05, 0.1) is 0 Å². The Balaban J connectivity index is 0.000000333. The molecule has 2 rings (SSSR count). The molecular weight excluding hydrogens is 373 g/mol. The van der Waals surface area contributed by atoms with E-state index < -0.39 is 15.6 Å². The van der Waals surface area contributed by atoms with Crippen LogP contribution in [0.3, 0.4) is 0 Å². The summed E-state index contributed by atoms with van der Waals surface area (Å²) in [7, 11) is -5.80. The van der Waals surface area contributed by atoms with Crippen LogP contribution in [0.1, 0.15) is 11.1 Å². The standard InChI is InChI=1S/C16H17S.CHF3O3S/c1-17(2)13-16(14-9-5-3-6-10-14)15-11-7-4-8-12-15;2-1(3,4)8(5,6)7/h3-13H,1-2H3;(H,5,6,7)/q+1;/p-1. The van der Waals surface area contributed by atoms with Crippen molar-refractivity contribution in [3.8, 4) is 0 Å². The fourth-order valence-corrected chi connectivity index (χ4v) is 2.52. The van der Waals surface area contributed by atoms with Crippen molar-refractivity contribution < 1.29 is 26.1 Å². The third kappa shape index (κ3) is 7.33. The molecule has 0 fully saturated rings. The van der Waals surface area contributed by atoms with Gasteiger partial charge in [0.25, 0.3) is 0 Å². The largest absolute Gasteiger partial charge is 0.741 e. The van der Waals surface area contributed by atoms with E-state index in [4.69, 9.17) is 13.0 Å². The summed E-state index contributed by atoms with van der Waals surface area (Å²) < 4.78 is 58.9. The summed E-state index contributed by atoms with van der Waals surface area (Å²) in [4.78, 5) is 0. The van der Waals surface area contributed by atoms with Crippen LogP contribution in [0.5, 0.6) is 0 Å². The first-order valence-corrected chi connectivity index (χ1v) is 10.4. The van der Waals surface area contributed by atoms with Gasteiger partial charge >= 0.3 is 5.51 Å². The first-order valence-electron chi connectivity index (χ1n) is 6.93. The van der Waals surface area contributed by atoms with Gasteiger partial charge in [-0.3, -0.25) is 0 Å². The molecule has 0 bridgehead atoms. The Bertz CT molecular complexity index is 743. The lowest BCUT2D eigenvalue weighted by molar-refractivity contribution is -0.0517. The van der Waals surface area contributed by atoms with E-state index in [9.17, 15) is 13.2 Å². The molecule has 0 heterocycles. The summed E-state index contributed by atoms with van der Waals surface area (Å²) in [5.41, 5.74) is -1.73. The first-order chi connectivity index (χ1) is 11.5. The predicted molar refractivity (Wildman–Crippen MR) is 94.9 cm³/mol. The molecule has 0 aromatic heterocycles. The van der Waals surface area contributed by atoms with Gasteiger partial charge in [0.2, 0.25) is 0 Å². The molecule has 25 heavy (non-hydrogen) atoms. The molecule has 2 aromatic carbocycles. The maximum Gasteiger partial charge on any atom is 0.485 e. The number of benzene rings is 2. The van der Waals surface area contributed by atoms with Crippen LogP contribution in [0.4, 0.5) is 13.2 Å². The Hall–Kier alpha value is -1.77. The van der Waals surface area contributed by atoms with Crippen molar-refractivity contribution in [2.75, 3.05) is 12.5 Å². The Morgan fingerprint density at radius 2 is 1.24 bits per heavy atom. The van der Waals surface area contributed by atoms with Gasteiger partial charge in [0, 0.05) is 16.5 Å². The maximum atomic E-state index is 10.7. The van der Waals surface area contributed by atoms with Crippen LogP contribution in [0.25, 0.3) is 5.57 Å². The highest BCUT2D eigenvalue weighted by Gasteiger charge is 2.36. The van der Waals surface area contributed by atoms with Gasteiger partial charge in [0.1, 0.15) is 17.9 Å². The molecule has 0 spiro atoms. The third-order valence-corrected chi connectivity index (χ3v) is 4.08. The molecule has 0 radical (unpaired) electrons. The van der Waals surface area contributed by atoms with Gasteiger partial charge in [-0.05, 0) is 11.1 Å². The molecule has 0 aliphatic carbocycles. The number of hydrogen-bond donors (Lipinski definition) is 0. The third-order valence-electron chi connectivity index (χ3n) is 2.81. The second-order valence-electron chi connectivity index (χ2n) is 5.04. The van der Waals surface area contributed by atoms with Gasteiger partial charge < -0.3 is 4.55 Å². The van der Waals surface area contributed by atoms with Gasteiger partial charge in [-0.1, -0.05) is 60.7 Å². The molecule has 3 nitrogen and oxygen atoms in total. The molecule has 0 N–H and O–H groups in total. The monoisotopic (exact) mass is 390 g/mol. The van der Waals surface area contributed by atoms with Crippen LogP contribution in [0.15, 0.2) is 66.1 Å². The Morgan fingerprint density at radius 3 is 1.48 bits per heavy atom. The lowest BCUT2D eigenvalue weighted by atomic mass is 10.00. The zero-order valence-electron chi connectivity index (χ0n) is 13.5. The lowest BCUT2D eigenvalue weighted by Gasteiger charge is -2.08. The summed E-state index contributed by atoms with van der Waals surface area (Å²) in [5.74, 6) is 0. The fraction of sp³-hybridized carbons (Fsp3) is 0.176. The van der Waals surface area contributed by atoms with Crippen molar-refractivity contribution in [2.24, 2.45) is 0 Å². The van der Waals surface area contributed by atoms with Crippen LogP contribution >= 0.6 is 0 Å². The molecule has 0 atom stereocenters. The highest BCUT2D eigenvalue weighted by molar-refractivity contribution is 7.98. The summed E-state index contributed by atoms with van der Waals surface area (Å²) >= 11 is 0. The van der Waals surface area contributed by atoms with E-state index in [1.807, 2.05) is 0 Å². The zero-order valence-corrected chi connectivity index (χ0v) is 15.2. The summed E-state index contributed by atoms with van der Waals surface area (Å²) in [6.07, 6.45) is 4.48. The van der Waals surface area contributed by atoms with E-state index in [1.165, 1.54) is 16.7 Å². The molecule has 2 aromatic rings. The van der Waals surface area contributed by atoms with Crippen molar-refractivity contribution in [3.05, 3.63) is 77.2 Å². The molecular formula is C17H17F3O3S2. The maximum absolute atomic E-state index is 10.7.